The third-order valence-electron chi connectivity index (χ3n) is 4.99. The number of fused-ring (bicyclic) bond motifs is 1. The van der Waals surface area contributed by atoms with Crippen molar-refractivity contribution in [2.24, 2.45) is 5.10 Å². The van der Waals surface area contributed by atoms with Crippen LogP contribution in [0.4, 0.5) is 11.4 Å². The number of benzene rings is 2. The number of hydrogen-bond donors (Lipinski definition) is 0. The number of para-hydroxylation sites is 1. The molecule has 1 spiro atoms. The molecule has 10 heteroatoms. The average molecular weight is 382 g/mol. The summed E-state index contributed by atoms with van der Waals surface area (Å²) in [6, 6.07) is 12.1. The molecule has 0 bridgehead atoms. The maximum absolute atomic E-state index is 13.3. The molecule has 2 aromatic rings. The van der Waals surface area contributed by atoms with Crippen LogP contribution < -0.4 is 9.75 Å². The molecule has 142 valence electrons. The molecule has 0 N–H and O–H groups in total. The van der Waals surface area contributed by atoms with E-state index >= 15 is 0 Å². The van der Waals surface area contributed by atoms with Crippen molar-refractivity contribution in [3.8, 4) is 5.75 Å². The summed E-state index contributed by atoms with van der Waals surface area (Å²) in [6.07, 6.45) is 0. The Hall–Kier alpha value is -3.82. The van der Waals surface area contributed by atoms with Gasteiger partial charge in [-0.2, -0.15) is 10.1 Å². The molecule has 1 amide bonds. The van der Waals surface area contributed by atoms with Crippen LogP contribution in [0.25, 0.3) is 0 Å². The van der Waals surface area contributed by atoms with Crippen molar-refractivity contribution in [1.82, 2.24) is 0 Å². The molecule has 0 unspecified atom stereocenters. The number of amides is 1. The van der Waals surface area contributed by atoms with Gasteiger partial charge in [-0.1, -0.05) is 18.2 Å². The first-order chi connectivity index (χ1) is 13.3. The molecule has 2 heterocycles. The summed E-state index contributed by atoms with van der Waals surface area (Å²) in [6.45, 7) is 1.09. The number of ether oxygens (including phenoxy) is 1. The number of non-ortho nitro benzene ring substituents is 1. The van der Waals surface area contributed by atoms with Gasteiger partial charge in [-0.25, -0.2) is 0 Å². The lowest BCUT2D eigenvalue weighted by atomic mass is 9.81. The summed E-state index contributed by atoms with van der Waals surface area (Å²) in [5, 5.41) is 27.5. The molecular weight excluding hydrogens is 368 g/mol. The largest absolute Gasteiger partial charge is 0.470 e. The van der Waals surface area contributed by atoms with Gasteiger partial charge in [0.05, 0.1) is 16.3 Å². The molecule has 28 heavy (non-hydrogen) atoms. The van der Waals surface area contributed by atoms with Crippen LogP contribution in [0, 0.1) is 20.2 Å². The molecule has 0 saturated heterocycles. The topological polar surface area (TPSA) is 128 Å². The number of hydrogen-bond acceptors (Lipinski definition) is 7. The molecule has 4 rings (SSSR count). The molecule has 2 aromatic carbocycles. The van der Waals surface area contributed by atoms with E-state index in [4.69, 9.17) is 4.74 Å². The highest BCUT2D eigenvalue weighted by Gasteiger charge is 2.63. The molecular formula is C18H14N4O6. The van der Waals surface area contributed by atoms with Gasteiger partial charge in [0.1, 0.15) is 11.7 Å². The minimum Gasteiger partial charge on any atom is -0.470 e. The minimum absolute atomic E-state index is 0.124. The second kappa shape index (κ2) is 6.12. The number of anilines is 1. The third-order valence-corrected chi connectivity index (χ3v) is 4.99. The van der Waals surface area contributed by atoms with Gasteiger partial charge < -0.3 is 4.74 Å². The van der Waals surface area contributed by atoms with Gasteiger partial charge in [0.25, 0.3) is 11.6 Å². The molecule has 0 fully saturated rings. The van der Waals surface area contributed by atoms with Crippen molar-refractivity contribution < 1.29 is 19.4 Å². The number of nitro groups is 2. The summed E-state index contributed by atoms with van der Waals surface area (Å²) >= 11 is 0. The van der Waals surface area contributed by atoms with E-state index in [9.17, 15) is 25.0 Å². The molecule has 0 saturated carbocycles. The van der Waals surface area contributed by atoms with Gasteiger partial charge in [0, 0.05) is 22.6 Å². The van der Waals surface area contributed by atoms with Gasteiger partial charge in [0.2, 0.25) is 12.1 Å². The predicted octanol–water partition coefficient (Wildman–Crippen LogP) is 2.51. The highest BCUT2D eigenvalue weighted by atomic mass is 16.6. The lowest BCUT2D eigenvalue weighted by Gasteiger charge is -2.27. The Kier molecular flexibility index (Phi) is 3.84. The van der Waals surface area contributed by atoms with E-state index in [-0.39, 0.29) is 5.69 Å². The lowest BCUT2D eigenvalue weighted by Crippen LogP contribution is -2.54. The van der Waals surface area contributed by atoms with Crippen molar-refractivity contribution in [3.05, 3.63) is 74.3 Å². The molecule has 0 aliphatic carbocycles. The SMILES string of the molecule is CC1=NN(c2ccc([N+](=O)[O-])cc2)C(=O)[C@]12Oc1ccccc1[C@H]2C[N+](=O)[O-]. The Balaban J connectivity index is 1.76. The highest BCUT2D eigenvalue weighted by Crippen LogP contribution is 2.49. The zero-order chi connectivity index (χ0) is 20.1. The van der Waals surface area contributed by atoms with E-state index < -0.39 is 33.8 Å². The van der Waals surface area contributed by atoms with Crippen molar-refractivity contribution in [1.29, 1.82) is 0 Å². The number of rotatable bonds is 4. The summed E-state index contributed by atoms with van der Waals surface area (Å²) in [7, 11) is 0. The molecule has 10 nitrogen and oxygen atoms in total. The van der Waals surface area contributed by atoms with E-state index in [0.29, 0.717) is 22.7 Å². The van der Waals surface area contributed by atoms with E-state index in [1.807, 2.05) is 0 Å². The Morgan fingerprint density at radius 2 is 1.82 bits per heavy atom. The second-order valence-electron chi connectivity index (χ2n) is 6.52. The van der Waals surface area contributed by atoms with Crippen LogP contribution in [-0.2, 0) is 4.79 Å². The summed E-state index contributed by atoms with van der Waals surface area (Å²) in [5.41, 5.74) is -0.558. The van der Waals surface area contributed by atoms with E-state index in [1.54, 1.807) is 31.2 Å². The Bertz CT molecular complexity index is 1030. The van der Waals surface area contributed by atoms with Crippen molar-refractivity contribution in [2.75, 3.05) is 11.6 Å². The van der Waals surface area contributed by atoms with E-state index in [0.717, 1.165) is 5.01 Å². The Morgan fingerprint density at radius 1 is 1.14 bits per heavy atom. The first-order valence-electron chi connectivity index (χ1n) is 8.39. The van der Waals surface area contributed by atoms with Crippen LogP contribution in [0.2, 0.25) is 0 Å². The standard InChI is InChI=1S/C18H14N4O6/c1-11-18(15(10-20(24)25)14-4-2-3-5-16(14)28-18)17(23)21(19-11)12-6-8-13(9-7-12)22(26)27/h2-9,15H,10H2,1H3/t15-,18+/m1/s1. The summed E-state index contributed by atoms with van der Waals surface area (Å²) in [5.74, 6) is -0.997. The quantitative estimate of drug-likeness (QED) is 0.590. The van der Waals surface area contributed by atoms with E-state index in [1.165, 1.54) is 24.3 Å². The van der Waals surface area contributed by atoms with Crippen molar-refractivity contribution in [3.63, 3.8) is 0 Å². The van der Waals surface area contributed by atoms with Crippen molar-refractivity contribution in [2.45, 2.75) is 18.4 Å². The fourth-order valence-electron chi connectivity index (χ4n) is 3.69. The monoisotopic (exact) mass is 382 g/mol. The van der Waals surface area contributed by atoms with Crippen LogP contribution >= 0.6 is 0 Å². The summed E-state index contributed by atoms with van der Waals surface area (Å²) < 4.78 is 5.97. The third kappa shape index (κ3) is 2.42. The van der Waals surface area contributed by atoms with Gasteiger partial charge in [-0.05, 0) is 25.1 Å². The minimum atomic E-state index is -1.61. The van der Waals surface area contributed by atoms with Gasteiger partial charge >= 0.3 is 0 Å². The van der Waals surface area contributed by atoms with Crippen molar-refractivity contribution >= 4 is 23.0 Å². The molecule has 2 aliphatic rings. The van der Waals surface area contributed by atoms with Crippen LogP contribution in [0.5, 0.6) is 5.75 Å². The van der Waals surface area contributed by atoms with Gasteiger partial charge in [-0.3, -0.25) is 25.0 Å². The normalized spacial score (nSPS) is 22.8. The number of carbonyl (C=O) groups is 1. The van der Waals surface area contributed by atoms with Crippen LogP contribution in [0.1, 0.15) is 18.4 Å². The average Bonchev–Trinajstić information content (AvgIpc) is 3.12. The van der Waals surface area contributed by atoms with Gasteiger partial charge in [0.15, 0.2) is 0 Å². The smallest absolute Gasteiger partial charge is 0.298 e. The molecule has 2 aliphatic heterocycles. The second-order valence-corrected chi connectivity index (χ2v) is 6.52. The molecule has 2 atom stereocenters. The first-order valence-corrected chi connectivity index (χ1v) is 8.39. The molecule has 0 radical (unpaired) electrons. The number of hydrazone groups is 1. The number of nitro benzene ring substituents is 1. The predicted molar refractivity (Wildman–Crippen MR) is 98.1 cm³/mol. The number of carbonyl (C=O) groups excluding carboxylic acids is 1. The fourth-order valence-corrected chi connectivity index (χ4v) is 3.69. The zero-order valence-electron chi connectivity index (χ0n) is 14.6. The van der Waals surface area contributed by atoms with Crippen LogP contribution in [0.3, 0.4) is 0 Å². The maximum atomic E-state index is 13.3. The van der Waals surface area contributed by atoms with E-state index in [2.05, 4.69) is 5.10 Å². The first kappa shape index (κ1) is 17.6. The van der Waals surface area contributed by atoms with Crippen LogP contribution in [0.15, 0.2) is 53.6 Å². The van der Waals surface area contributed by atoms with Gasteiger partial charge in [-0.15, -0.1) is 0 Å². The molecule has 0 aromatic heterocycles. The highest BCUT2D eigenvalue weighted by molar-refractivity contribution is 6.23. The maximum Gasteiger partial charge on any atom is 0.298 e. The Morgan fingerprint density at radius 3 is 2.46 bits per heavy atom. The number of nitrogens with zero attached hydrogens (tertiary/aromatic N) is 4. The summed E-state index contributed by atoms with van der Waals surface area (Å²) in [4.78, 5) is 34.5. The van der Waals surface area contributed by atoms with Crippen LogP contribution in [-0.4, -0.2) is 33.6 Å². The lowest BCUT2D eigenvalue weighted by molar-refractivity contribution is -0.484. The Labute approximate surface area is 158 Å². The zero-order valence-corrected chi connectivity index (χ0v) is 14.6. The fraction of sp³-hybridized carbons (Fsp3) is 0.222.